The SMILES string of the molecule is O=C(O)Nc1ccc(C(=O)N2CCC[C@@H](O)C2)nc1. The molecule has 0 bridgehead atoms. The average Bonchev–Trinajstić information content (AvgIpc) is 2.38. The summed E-state index contributed by atoms with van der Waals surface area (Å²) in [4.78, 5) is 28.0. The predicted octanol–water partition coefficient (Wildman–Crippen LogP) is 0.768. The lowest BCUT2D eigenvalue weighted by Crippen LogP contribution is -2.42. The van der Waals surface area contributed by atoms with E-state index in [4.69, 9.17) is 5.11 Å². The van der Waals surface area contributed by atoms with E-state index in [0.29, 0.717) is 25.2 Å². The van der Waals surface area contributed by atoms with Crippen LogP contribution in [-0.2, 0) is 0 Å². The van der Waals surface area contributed by atoms with Gasteiger partial charge in [0.05, 0.1) is 18.0 Å². The summed E-state index contributed by atoms with van der Waals surface area (Å²) in [7, 11) is 0. The second-order valence-corrected chi connectivity index (χ2v) is 4.41. The molecule has 1 aromatic heterocycles. The van der Waals surface area contributed by atoms with Crippen LogP contribution in [0.5, 0.6) is 0 Å². The molecular formula is C12H15N3O4. The fourth-order valence-corrected chi connectivity index (χ4v) is 2.02. The van der Waals surface area contributed by atoms with Crippen molar-refractivity contribution in [2.75, 3.05) is 18.4 Å². The van der Waals surface area contributed by atoms with Gasteiger partial charge >= 0.3 is 6.09 Å². The normalized spacial score (nSPS) is 19.0. The zero-order valence-electron chi connectivity index (χ0n) is 10.2. The fraction of sp³-hybridized carbons (Fsp3) is 0.417. The number of carbonyl (C=O) groups is 2. The number of piperidine rings is 1. The lowest BCUT2D eigenvalue weighted by molar-refractivity contribution is 0.0469. The quantitative estimate of drug-likeness (QED) is 0.732. The van der Waals surface area contributed by atoms with Gasteiger partial charge in [0.15, 0.2) is 0 Å². The predicted molar refractivity (Wildman–Crippen MR) is 67.0 cm³/mol. The lowest BCUT2D eigenvalue weighted by atomic mass is 10.1. The molecule has 7 nitrogen and oxygen atoms in total. The van der Waals surface area contributed by atoms with Gasteiger partial charge in [-0.1, -0.05) is 0 Å². The second kappa shape index (κ2) is 5.66. The van der Waals surface area contributed by atoms with E-state index in [-0.39, 0.29) is 11.6 Å². The molecule has 1 aliphatic heterocycles. The number of hydrogen-bond donors (Lipinski definition) is 3. The van der Waals surface area contributed by atoms with Crippen molar-refractivity contribution >= 4 is 17.7 Å². The number of nitrogens with one attached hydrogen (secondary N) is 1. The van der Waals surface area contributed by atoms with E-state index in [1.54, 1.807) is 4.90 Å². The first-order valence-electron chi connectivity index (χ1n) is 5.99. The zero-order chi connectivity index (χ0) is 13.8. The van der Waals surface area contributed by atoms with Crippen molar-refractivity contribution in [3.63, 3.8) is 0 Å². The molecule has 2 amide bonds. The summed E-state index contributed by atoms with van der Waals surface area (Å²) in [5, 5.41) is 20.2. The summed E-state index contributed by atoms with van der Waals surface area (Å²) in [6.07, 6.45) is 1.11. The molecule has 0 saturated carbocycles. The van der Waals surface area contributed by atoms with Gasteiger partial charge in [0.2, 0.25) is 0 Å². The number of anilines is 1. The van der Waals surface area contributed by atoms with Gasteiger partial charge in [-0.3, -0.25) is 10.1 Å². The van der Waals surface area contributed by atoms with Gasteiger partial charge in [-0.25, -0.2) is 9.78 Å². The summed E-state index contributed by atoms with van der Waals surface area (Å²) in [5.74, 6) is -0.249. The van der Waals surface area contributed by atoms with Gasteiger partial charge in [-0.15, -0.1) is 0 Å². The highest BCUT2D eigenvalue weighted by molar-refractivity contribution is 5.93. The second-order valence-electron chi connectivity index (χ2n) is 4.41. The molecular weight excluding hydrogens is 250 g/mol. The smallest absolute Gasteiger partial charge is 0.409 e. The van der Waals surface area contributed by atoms with Gasteiger partial charge in [0.1, 0.15) is 5.69 Å². The number of β-amino-alcohol motifs (C(OH)–C–C–N with tert-alkyl or cyclic N) is 1. The Morgan fingerprint density at radius 2 is 2.21 bits per heavy atom. The molecule has 1 fully saturated rings. The Labute approximate surface area is 109 Å². The van der Waals surface area contributed by atoms with Crippen molar-refractivity contribution in [2.24, 2.45) is 0 Å². The highest BCUT2D eigenvalue weighted by Crippen LogP contribution is 2.14. The first-order valence-corrected chi connectivity index (χ1v) is 5.99. The number of aromatic nitrogens is 1. The number of aliphatic hydroxyl groups is 1. The molecule has 0 radical (unpaired) electrons. The molecule has 2 rings (SSSR count). The van der Waals surface area contributed by atoms with Crippen molar-refractivity contribution in [3.8, 4) is 0 Å². The Morgan fingerprint density at radius 3 is 2.79 bits per heavy atom. The van der Waals surface area contributed by atoms with Crippen molar-refractivity contribution < 1.29 is 19.8 Å². The largest absolute Gasteiger partial charge is 0.465 e. The number of carbonyl (C=O) groups excluding carboxylic acids is 1. The molecule has 0 spiro atoms. The third-order valence-electron chi connectivity index (χ3n) is 2.92. The summed E-state index contributed by atoms with van der Waals surface area (Å²) in [5.41, 5.74) is 0.549. The summed E-state index contributed by atoms with van der Waals surface area (Å²) < 4.78 is 0. The maximum Gasteiger partial charge on any atom is 0.409 e. The van der Waals surface area contributed by atoms with Gasteiger partial charge in [-0.05, 0) is 25.0 Å². The highest BCUT2D eigenvalue weighted by atomic mass is 16.4. The number of hydrogen-bond acceptors (Lipinski definition) is 4. The van der Waals surface area contributed by atoms with Crippen molar-refractivity contribution in [3.05, 3.63) is 24.0 Å². The van der Waals surface area contributed by atoms with Crippen molar-refractivity contribution in [1.29, 1.82) is 0 Å². The first kappa shape index (κ1) is 13.3. The monoisotopic (exact) mass is 265 g/mol. The van der Waals surface area contributed by atoms with Crippen LogP contribution in [0.2, 0.25) is 0 Å². The Balaban J connectivity index is 2.04. The van der Waals surface area contributed by atoms with E-state index < -0.39 is 12.2 Å². The van der Waals surface area contributed by atoms with E-state index >= 15 is 0 Å². The van der Waals surface area contributed by atoms with Crippen molar-refractivity contribution in [2.45, 2.75) is 18.9 Å². The summed E-state index contributed by atoms with van der Waals surface area (Å²) in [6.45, 7) is 0.919. The number of aliphatic hydroxyl groups excluding tert-OH is 1. The third-order valence-corrected chi connectivity index (χ3v) is 2.92. The minimum absolute atomic E-state index is 0.241. The molecule has 3 N–H and O–H groups in total. The Kier molecular flexibility index (Phi) is 3.96. The van der Waals surface area contributed by atoms with E-state index in [1.165, 1.54) is 18.3 Å². The van der Waals surface area contributed by atoms with Gasteiger partial charge in [-0.2, -0.15) is 0 Å². The number of amides is 2. The Bertz CT molecular complexity index is 474. The summed E-state index contributed by atoms with van der Waals surface area (Å²) in [6, 6.07) is 2.95. The molecule has 1 aromatic rings. The maximum atomic E-state index is 12.1. The highest BCUT2D eigenvalue weighted by Gasteiger charge is 2.23. The minimum atomic E-state index is -1.18. The average molecular weight is 265 g/mol. The molecule has 1 saturated heterocycles. The van der Waals surface area contributed by atoms with Crippen molar-refractivity contribution in [1.82, 2.24) is 9.88 Å². The van der Waals surface area contributed by atoms with Crippen LogP contribution in [0.4, 0.5) is 10.5 Å². The topological polar surface area (TPSA) is 103 Å². The third kappa shape index (κ3) is 3.41. The first-order chi connectivity index (χ1) is 9.06. The Morgan fingerprint density at radius 1 is 1.42 bits per heavy atom. The van der Waals surface area contributed by atoms with Crippen LogP contribution in [-0.4, -0.2) is 51.3 Å². The summed E-state index contributed by atoms with van der Waals surface area (Å²) >= 11 is 0. The molecule has 102 valence electrons. The van der Waals surface area contributed by atoms with Crippen LogP contribution >= 0.6 is 0 Å². The molecule has 0 aromatic carbocycles. The number of pyridine rings is 1. The van der Waals surface area contributed by atoms with E-state index in [0.717, 1.165) is 6.42 Å². The van der Waals surface area contributed by atoms with Crippen LogP contribution < -0.4 is 5.32 Å². The Hall–Kier alpha value is -2.15. The van der Waals surface area contributed by atoms with Crippen LogP contribution in [0.1, 0.15) is 23.3 Å². The van der Waals surface area contributed by atoms with Crippen LogP contribution in [0.3, 0.4) is 0 Å². The van der Waals surface area contributed by atoms with Crippen LogP contribution in [0, 0.1) is 0 Å². The molecule has 7 heteroatoms. The fourth-order valence-electron chi connectivity index (χ4n) is 2.02. The van der Waals surface area contributed by atoms with E-state index in [2.05, 4.69) is 10.3 Å². The standard InChI is InChI=1S/C12H15N3O4/c16-9-2-1-5-15(7-9)11(17)10-4-3-8(6-13-10)14-12(18)19/h3-4,6,9,14,16H,1-2,5,7H2,(H,18,19)/t9-/m1/s1. The molecule has 1 aliphatic rings. The van der Waals surface area contributed by atoms with Gasteiger partial charge in [0, 0.05) is 13.1 Å². The molecule has 1 atom stereocenters. The van der Waals surface area contributed by atoms with Gasteiger partial charge < -0.3 is 15.1 Å². The number of carboxylic acid groups (broad SMARTS) is 1. The number of likely N-dealkylation sites (tertiary alicyclic amines) is 1. The molecule has 2 heterocycles. The number of nitrogens with zero attached hydrogens (tertiary/aromatic N) is 2. The van der Waals surface area contributed by atoms with E-state index in [1.807, 2.05) is 0 Å². The number of rotatable bonds is 2. The molecule has 19 heavy (non-hydrogen) atoms. The van der Waals surface area contributed by atoms with Gasteiger partial charge in [0.25, 0.3) is 5.91 Å². The van der Waals surface area contributed by atoms with Crippen LogP contribution in [0.15, 0.2) is 18.3 Å². The maximum absolute atomic E-state index is 12.1. The lowest BCUT2D eigenvalue weighted by Gasteiger charge is -2.29. The zero-order valence-corrected chi connectivity index (χ0v) is 10.2. The minimum Gasteiger partial charge on any atom is -0.465 e. The molecule has 0 unspecified atom stereocenters. The van der Waals surface area contributed by atoms with Crippen LogP contribution in [0.25, 0.3) is 0 Å². The molecule has 0 aliphatic carbocycles. The van der Waals surface area contributed by atoms with E-state index in [9.17, 15) is 14.7 Å².